The molecular formula is C15H18FNO2. The molecule has 0 spiro atoms. The van der Waals surface area contributed by atoms with Crippen molar-refractivity contribution in [3.8, 4) is 0 Å². The van der Waals surface area contributed by atoms with Crippen LogP contribution in [0.4, 0.5) is 4.39 Å². The van der Waals surface area contributed by atoms with E-state index in [-0.39, 0.29) is 29.6 Å². The van der Waals surface area contributed by atoms with E-state index in [0.717, 1.165) is 12.8 Å². The Balaban J connectivity index is 1.82. The number of morpholine rings is 1. The number of hydrogen-bond donors (Lipinski definition) is 1. The maximum atomic E-state index is 13.6. The molecule has 0 aliphatic carbocycles. The van der Waals surface area contributed by atoms with E-state index in [1.165, 1.54) is 6.07 Å². The average molecular weight is 263 g/mol. The second-order valence-electron chi connectivity index (χ2n) is 5.54. The SMILES string of the molecule is Cc1c(F)cccc1C(=O)C1CC2COCC(C1)N2. The quantitative estimate of drug-likeness (QED) is 0.830. The monoisotopic (exact) mass is 263 g/mol. The minimum absolute atomic E-state index is 0.0133. The van der Waals surface area contributed by atoms with Gasteiger partial charge in [-0.15, -0.1) is 0 Å². The van der Waals surface area contributed by atoms with Crippen LogP contribution in [0.15, 0.2) is 18.2 Å². The van der Waals surface area contributed by atoms with E-state index >= 15 is 0 Å². The number of ketones is 1. The van der Waals surface area contributed by atoms with Crippen LogP contribution in [0.25, 0.3) is 0 Å². The summed E-state index contributed by atoms with van der Waals surface area (Å²) in [6, 6.07) is 5.26. The van der Waals surface area contributed by atoms with Gasteiger partial charge in [-0.3, -0.25) is 4.79 Å². The number of hydrogen-bond acceptors (Lipinski definition) is 3. The lowest BCUT2D eigenvalue weighted by Gasteiger charge is -2.39. The second kappa shape index (κ2) is 5.02. The van der Waals surface area contributed by atoms with Gasteiger partial charge in [0.05, 0.1) is 13.2 Å². The standard InChI is InChI=1S/C15H18FNO2/c1-9-13(3-2-4-14(9)16)15(18)10-5-11-7-19-8-12(6-10)17-11/h2-4,10-12,17H,5-8H2,1H3. The molecule has 0 saturated carbocycles. The molecule has 4 heteroatoms. The molecule has 2 bridgehead atoms. The number of benzene rings is 1. The number of halogens is 1. The van der Waals surface area contributed by atoms with E-state index < -0.39 is 0 Å². The zero-order valence-corrected chi connectivity index (χ0v) is 11.0. The number of carbonyl (C=O) groups excluding carboxylic acids is 1. The number of carbonyl (C=O) groups is 1. The molecule has 0 radical (unpaired) electrons. The third-order valence-electron chi connectivity index (χ3n) is 4.15. The number of nitrogens with one attached hydrogen (secondary N) is 1. The Hall–Kier alpha value is -1.26. The van der Waals surface area contributed by atoms with Gasteiger partial charge in [0.1, 0.15) is 5.82 Å². The number of piperidine rings is 1. The second-order valence-corrected chi connectivity index (χ2v) is 5.54. The molecule has 19 heavy (non-hydrogen) atoms. The van der Waals surface area contributed by atoms with Gasteiger partial charge in [-0.1, -0.05) is 12.1 Å². The minimum Gasteiger partial charge on any atom is -0.378 e. The lowest BCUT2D eigenvalue weighted by Crippen LogP contribution is -2.55. The summed E-state index contributed by atoms with van der Waals surface area (Å²) in [6.07, 6.45) is 1.57. The van der Waals surface area contributed by atoms with E-state index in [2.05, 4.69) is 5.32 Å². The third-order valence-corrected chi connectivity index (χ3v) is 4.15. The van der Waals surface area contributed by atoms with Gasteiger partial charge >= 0.3 is 0 Å². The van der Waals surface area contributed by atoms with Crippen molar-refractivity contribution in [1.29, 1.82) is 0 Å². The van der Waals surface area contributed by atoms with Crippen LogP contribution in [-0.4, -0.2) is 31.1 Å². The van der Waals surface area contributed by atoms with Crippen LogP contribution < -0.4 is 5.32 Å². The molecule has 2 aliphatic rings. The predicted octanol–water partition coefficient (Wildman–Crippen LogP) is 2.08. The summed E-state index contributed by atoms with van der Waals surface area (Å²) in [6.45, 7) is 3.01. The topological polar surface area (TPSA) is 38.3 Å². The maximum Gasteiger partial charge on any atom is 0.166 e. The molecule has 2 unspecified atom stereocenters. The van der Waals surface area contributed by atoms with Crippen LogP contribution in [-0.2, 0) is 4.74 Å². The molecule has 0 amide bonds. The van der Waals surface area contributed by atoms with Crippen molar-refractivity contribution >= 4 is 5.78 Å². The zero-order chi connectivity index (χ0) is 13.4. The van der Waals surface area contributed by atoms with Crippen molar-refractivity contribution in [2.75, 3.05) is 13.2 Å². The fourth-order valence-electron chi connectivity index (χ4n) is 3.15. The lowest BCUT2D eigenvalue weighted by molar-refractivity contribution is 0.00951. The highest BCUT2D eigenvalue weighted by Gasteiger charge is 2.35. The number of rotatable bonds is 2. The Bertz CT molecular complexity index is 491. The van der Waals surface area contributed by atoms with Gasteiger partial charge in [-0.05, 0) is 31.4 Å². The maximum absolute atomic E-state index is 13.6. The molecule has 0 aromatic heterocycles. The minimum atomic E-state index is -0.302. The first-order valence-corrected chi connectivity index (χ1v) is 6.78. The summed E-state index contributed by atoms with van der Waals surface area (Å²) < 4.78 is 19.0. The van der Waals surface area contributed by atoms with Gasteiger partial charge in [0, 0.05) is 23.6 Å². The Morgan fingerprint density at radius 1 is 1.32 bits per heavy atom. The first-order valence-electron chi connectivity index (χ1n) is 6.78. The van der Waals surface area contributed by atoms with Crippen LogP contribution in [0.1, 0.15) is 28.8 Å². The van der Waals surface area contributed by atoms with Crippen LogP contribution >= 0.6 is 0 Å². The highest BCUT2D eigenvalue weighted by molar-refractivity contribution is 5.99. The molecule has 2 aliphatic heterocycles. The highest BCUT2D eigenvalue weighted by Crippen LogP contribution is 2.28. The van der Waals surface area contributed by atoms with Gasteiger partial charge in [0.2, 0.25) is 0 Å². The Labute approximate surface area is 112 Å². The molecule has 102 valence electrons. The molecule has 3 rings (SSSR count). The summed E-state index contributed by atoms with van der Waals surface area (Å²) in [5.74, 6) is -0.237. The summed E-state index contributed by atoms with van der Waals surface area (Å²) in [5.41, 5.74) is 0.998. The van der Waals surface area contributed by atoms with E-state index in [0.29, 0.717) is 24.3 Å². The fraction of sp³-hybridized carbons (Fsp3) is 0.533. The van der Waals surface area contributed by atoms with Gasteiger partial charge in [-0.2, -0.15) is 0 Å². The number of ether oxygens (including phenoxy) is 1. The largest absolute Gasteiger partial charge is 0.378 e. The molecule has 2 atom stereocenters. The van der Waals surface area contributed by atoms with Gasteiger partial charge < -0.3 is 10.1 Å². The van der Waals surface area contributed by atoms with Gasteiger partial charge in [0.15, 0.2) is 5.78 Å². The molecule has 2 fully saturated rings. The number of Topliss-reactive ketones (excluding diaryl/α,β-unsaturated/α-hetero) is 1. The van der Waals surface area contributed by atoms with Crippen molar-refractivity contribution in [1.82, 2.24) is 5.32 Å². The van der Waals surface area contributed by atoms with Crippen molar-refractivity contribution in [2.24, 2.45) is 5.92 Å². The Morgan fingerprint density at radius 2 is 2.00 bits per heavy atom. The summed E-state index contributed by atoms with van der Waals surface area (Å²) in [5, 5.41) is 3.46. The lowest BCUT2D eigenvalue weighted by atomic mass is 9.81. The molecule has 1 aromatic carbocycles. The third kappa shape index (κ3) is 2.42. The molecule has 1 aromatic rings. The van der Waals surface area contributed by atoms with Gasteiger partial charge in [-0.25, -0.2) is 4.39 Å². The molecule has 2 saturated heterocycles. The normalized spacial score (nSPS) is 30.1. The van der Waals surface area contributed by atoms with E-state index in [4.69, 9.17) is 4.74 Å². The van der Waals surface area contributed by atoms with Crippen molar-refractivity contribution < 1.29 is 13.9 Å². The molecule has 2 heterocycles. The van der Waals surface area contributed by atoms with E-state index in [9.17, 15) is 9.18 Å². The number of fused-ring (bicyclic) bond motifs is 2. The first kappa shape index (κ1) is 12.8. The molecular weight excluding hydrogens is 245 g/mol. The predicted molar refractivity (Wildman–Crippen MR) is 69.7 cm³/mol. The fourth-order valence-corrected chi connectivity index (χ4v) is 3.15. The summed E-state index contributed by atoms with van der Waals surface area (Å²) >= 11 is 0. The smallest absolute Gasteiger partial charge is 0.166 e. The van der Waals surface area contributed by atoms with Crippen LogP contribution in [0.3, 0.4) is 0 Å². The van der Waals surface area contributed by atoms with Crippen LogP contribution in [0.2, 0.25) is 0 Å². The molecule has 1 N–H and O–H groups in total. The Morgan fingerprint density at radius 3 is 2.68 bits per heavy atom. The summed E-state index contributed by atoms with van der Waals surface area (Å²) in [7, 11) is 0. The first-order chi connectivity index (χ1) is 9.15. The van der Waals surface area contributed by atoms with Crippen LogP contribution in [0, 0.1) is 18.7 Å². The van der Waals surface area contributed by atoms with E-state index in [1.54, 1.807) is 19.1 Å². The van der Waals surface area contributed by atoms with Crippen molar-refractivity contribution in [2.45, 2.75) is 31.8 Å². The average Bonchev–Trinajstić information content (AvgIpc) is 2.41. The van der Waals surface area contributed by atoms with Crippen LogP contribution in [0.5, 0.6) is 0 Å². The van der Waals surface area contributed by atoms with Crippen molar-refractivity contribution in [3.63, 3.8) is 0 Å². The van der Waals surface area contributed by atoms with Gasteiger partial charge in [0.25, 0.3) is 0 Å². The van der Waals surface area contributed by atoms with E-state index in [1.807, 2.05) is 0 Å². The molecule has 3 nitrogen and oxygen atoms in total. The highest BCUT2D eigenvalue weighted by atomic mass is 19.1. The Kier molecular flexibility index (Phi) is 3.37. The van der Waals surface area contributed by atoms with Crippen molar-refractivity contribution in [3.05, 3.63) is 35.1 Å². The summed E-state index contributed by atoms with van der Waals surface area (Å²) in [4.78, 5) is 12.6. The zero-order valence-electron chi connectivity index (χ0n) is 11.0.